The number of aromatic nitrogens is 5. The zero-order valence-corrected chi connectivity index (χ0v) is 16.2. The van der Waals surface area contributed by atoms with Crippen LogP contribution in [0.25, 0.3) is 17.1 Å². The number of imidazole rings is 1. The summed E-state index contributed by atoms with van der Waals surface area (Å²) in [6.45, 7) is 0. The van der Waals surface area contributed by atoms with E-state index >= 15 is 0 Å². The molecule has 7 nitrogen and oxygen atoms in total. The Kier molecular flexibility index (Phi) is 4.74. The Labute approximate surface area is 167 Å². The second kappa shape index (κ2) is 7.52. The largest absolute Gasteiger partial charge is 0.507 e. The maximum absolute atomic E-state index is 10.4. The molecule has 2 aromatic heterocycles. The number of fused-ring (bicyclic) bond motifs is 2. The first kappa shape index (κ1) is 17.6. The van der Waals surface area contributed by atoms with Gasteiger partial charge in [0.2, 0.25) is 0 Å². The number of rotatable bonds is 4. The number of nitrogens with zero attached hydrogens (tertiary/aromatic N) is 5. The van der Waals surface area contributed by atoms with E-state index in [1.165, 1.54) is 32.1 Å². The maximum Gasteiger partial charge on any atom is 0.185 e. The average Bonchev–Trinajstić information content (AvgIpc) is 3.23. The van der Waals surface area contributed by atoms with Gasteiger partial charge in [0.25, 0.3) is 0 Å². The molecule has 3 aromatic rings. The molecule has 2 aliphatic heterocycles. The number of benzene rings is 1. The number of hydrogen-bond acceptors (Lipinski definition) is 7. The minimum Gasteiger partial charge on any atom is -0.507 e. The lowest BCUT2D eigenvalue weighted by Crippen LogP contribution is -2.49. The minimum absolute atomic E-state index is 0.125. The SMILES string of the molecule is Oc1cc(-n2ccnc2)ccc1-c1ncc(SC2CC3CCCC(C2)N3)nn1. The van der Waals surface area contributed by atoms with Gasteiger partial charge in [-0.3, -0.25) is 0 Å². The van der Waals surface area contributed by atoms with Crippen LogP contribution in [0, 0.1) is 0 Å². The molecule has 0 spiro atoms. The fourth-order valence-corrected chi connectivity index (χ4v) is 5.40. The number of phenolic OH excluding ortho intramolecular Hbond substituents is 1. The number of phenols is 1. The number of piperidine rings is 2. The fourth-order valence-electron chi connectivity index (χ4n) is 4.20. The van der Waals surface area contributed by atoms with Crippen molar-refractivity contribution in [1.29, 1.82) is 0 Å². The summed E-state index contributed by atoms with van der Waals surface area (Å²) in [6.07, 6.45) is 13.3. The molecule has 0 radical (unpaired) electrons. The van der Waals surface area contributed by atoms with Crippen molar-refractivity contribution in [3.63, 3.8) is 0 Å². The summed E-state index contributed by atoms with van der Waals surface area (Å²) in [7, 11) is 0. The summed E-state index contributed by atoms with van der Waals surface area (Å²) < 4.78 is 1.83. The van der Waals surface area contributed by atoms with Gasteiger partial charge < -0.3 is 15.0 Å². The van der Waals surface area contributed by atoms with Crippen molar-refractivity contribution in [2.75, 3.05) is 0 Å². The lowest BCUT2D eigenvalue weighted by atomic mass is 9.87. The molecule has 8 heteroatoms. The standard InChI is InChI=1S/C20H22N6OS/c27-18-10-15(26-7-6-21-12-26)4-5-17(18)20-22-11-19(24-25-20)28-16-8-13-2-1-3-14(9-16)23-13/h4-7,10-14,16,23,27H,1-3,8-9H2. The zero-order chi connectivity index (χ0) is 18.9. The molecule has 4 heterocycles. The Balaban J connectivity index is 1.30. The van der Waals surface area contributed by atoms with Gasteiger partial charge in [-0.05, 0) is 37.8 Å². The first-order chi connectivity index (χ1) is 13.7. The molecule has 2 fully saturated rings. The van der Waals surface area contributed by atoms with E-state index in [2.05, 4.69) is 25.5 Å². The van der Waals surface area contributed by atoms with Gasteiger partial charge in [-0.2, -0.15) is 0 Å². The van der Waals surface area contributed by atoms with Gasteiger partial charge in [0.15, 0.2) is 5.82 Å². The molecule has 2 atom stereocenters. The topological polar surface area (TPSA) is 88.8 Å². The number of nitrogens with one attached hydrogen (secondary N) is 1. The van der Waals surface area contributed by atoms with E-state index in [4.69, 9.17) is 0 Å². The van der Waals surface area contributed by atoms with Gasteiger partial charge in [-0.1, -0.05) is 18.2 Å². The summed E-state index contributed by atoms with van der Waals surface area (Å²) in [5, 5.41) is 24.2. The third kappa shape index (κ3) is 3.62. The van der Waals surface area contributed by atoms with Crippen LogP contribution in [0.5, 0.6) is 5.75 Å². The average molecular weight is 395 g/mol. The Bertz CT molecular complexity index is 934. The van der Waals surface area contributed by atoms with Crippen LogP contribution in [-0.2, 0) is 0 Å². The number of thioether (sulfide) groups is 1. The summed E-state index contributed by atoms with van der Waals surface area (Å²) in [6, 6.07) is 6.68. The Morgan fingerprint density at radius 3 is 2.68 bits per heavy atom. The third-order valence-electron chi connectivity index (χ3n) is 5.52. The smallest absolute Gasteiger partial charge is 0.185 e. The quantitative estimate of drug-likeness (QED) is 0.702. The van der Waals surface area contributed by atoms with E-state index < -0.39 is 0 Å². The van der Waals surface area contributed by atoms with E-state index in [1.807, 2.05) is 22.9 Å². The number of aromatic hydroxyl groups is 1. The van der Waals surface area contributed by atoms with Crippen molar-refractivity contribution in [3.05, 3.63) is 43.1 Å². The van der Waals surface area contributed by atoms with Gasteiger partial charge in [-0.15, -0.1) is 10.2 Å². The highest BCUT2D eigenvalue weighted by atomic mass is 32.2. The molecule has 2 unspecified atom stereocenters. The lowest BCUT2D eigenvalue weighted by Gasteiger charge is -2.39. The summed E-state index contributed by atoms with van der Waals surface area (Å²) in [5.41, 5.74) is 1.40. The van der Waals surface area contributed by atoms with Crippen LogP contribution in [0.1, 0.15) is 32.1 Å². The predicted molar refractivity (Wildman–Crippen MR) is 107 cm³/mol. The highest BCUT2D eigenvalue weighted by molar-refractivity contribution is 7.99. The molecule has 0 aliphatic carbocycles. The first-order valence-electron chi connectivity index (χ1n) is 9.69. The van der Waals surface area contributed by atoms with Crippen molar-refractivity contribution in [1.82, 2.24) is 30.0 Å². The van der Waals surface area contributed by atoms with Gasteiger partial charge >= 0.3 is 0 Å². The van der Waals surface area contributed by atoms with E-state index in [-0.39, 0.29) is 5.75 Å². The molecule has 5 rings (SSSR count). The highest BCUT2D eigenvalue weighted by Gasteiger charge is 2.31. The van der Waals surface area contributed by atoms with Crippen LogP contribution >= 0.6 is 11.8 Å². The van der Waals surface area contributed by atoms with Gasteiger partial charge in [-0.25, -0.2) is 9.97 Å². The molecule has 0 amide bonds. The summed E-state index contributed by atoms with van der Waals surface area (Å²) in [5.74, 6) is 0.556. The molecule has 2 N–H and O–H groups in total. The Hall–Kier alpha value is -2.45. The third-order valence-corrected chi connectivity index (χ3v) is 6.67. The lowest BCUT2D eigenvalue weighted by molar-refractivity contribution is 0.249. The van der Waals surface area contributed by atoms with Crippen molar-refractivity contribution in [2.45, 2.75) is 54.5 Å². The monoisotopic (exact) mass is 394 g/mol. The molecular weight excluding hydrogens is 372 g/mol. The zero-order valence-electron chi connectivity index (χ0n) is 15.4. The van der Waals surface area contributed by atoms with Gasteiger partial charge in [0.1, 0.15) is 10.8 Å². The molecule has 1 aromatic carbocycles. The summed E-state index contributed by atoms with van der Waals surface area (Å²) >= 11 is 1.78. The molecule has 2 saturated heterocycles. The molecule has 2 aliphatic rings. The molecule has 28 heavy (non-hydrogen) atoms. The van der Waals surface area contributed by atoms with E-state index in [0.717, 1.165) is 10.7 Å². The molecular formula is C20H22N6OS. The first-order valence-corrected chi connectivity index (χ1v) is 10.6. The van der Waals surface area contributed by atoms with Crippen LogP contribution in [0.15, 0.2) is 48.1 Å². The minimum atomic E-state index is 0.125. The maximum atomic E-state index is 10.4. The van der Waals surface area contributed by atoms with Crippen LogP contribution < -0.4 is 5.32 Å². The molecule has 144 valence electrons. The normalized spacial score (nSPS) is 24.2. The fraction of sp³-hybridized carbons (Fsp3) is 0.400. The predicted octanol–water partition coefficient (Wildman–Crippen LogP) is 3.20. The van der Waals surface area contributed by atoms with Crippen molar-refractivity contribution in [3.8, 4) is 22.8 Å². The van der Waals surface area contributed by atoms with Crippen LogP contribution in [0.3, 0.4) is 0 Å². The van der Waals surface area contributed by atoms with Gasteiger partial charge in [0, 0.05) is 35.8 Å². The second-order valence-corrected chi connectivity index (χ2v) is 8.81. The van der Waals surface area contributed by atoms with Crippen molar-refractivity contribution >= 4 is 11.8 Å². The van der Waals surface area contributed by atoms with Crippen LogP contribution in [-0.4, -0.2) is 47.2 Å². The number of hydrogen-bond donors (Lipinski definition) is 2. The van der Waals surface area contributed by atoms with Crippen molar-refractivity contribution in [2.24, 2.45) is 0 Å². The summed E-state index contributed by atoms with van der Waals surface area (Å²) in [4.78, 5) is 8.48. The molecule has 0 saturated carbocycles. The second-order valence-electron chi connectivity index (χ2n) is 7.49. The highest BCUT2D eigenvalue weighted by Crippen LogP contribution is 2.35. The van der Waals surface area contributed by atoms with Crippen LogP contribution in [0.2, 0.25) is 0 Å². The van der Waals surface area contributed by atoms with E-state index in [1.54, 1.807) is 36.5 Å². The Morgan fingerprint density at radius 2 is 2.00 bits per heavy atom. The van der Waals surface area contributed by atoms with E-state index in [9.17, 15) is 5.11 Å². The Morgan fingerprint density at radius 1 is 1.14 bits per heavy atom. The molecule has 2 bridgehead atoms. The van der Waals surface area contributed by atoms with Gasteiger partial charge in [0.05, 0.1) is 23.8 Å². The van der Waals surface area contributed by atoms with Crippen molar-refractivity contribution < 1.29 is 5.11 Å². The van der Waals surface area contributed by atoms with Crippen LogP contribution in [0.4, 0.5) is 0 Å². The van der Waals surface area contributed by atoms with E-state index in [0.29, 0.717) is 28.7 Å².